The number of carbonyl (C=O) groups excluding carboxylic acids is 1. The molecule has 4 heteroatoms. The first-order chi connectivity index (χ1) is 13.1. The predicted molar refractivity (Wildman–Crippen MR) is 109 cm³/mol. The molecule has 144 valence electrons. The number of hydrogen-bond acceptors (Lipinski definition) is 3. The van der Waals surface area contributed by atoms with Crippen molar-refractivity contribution in [3.8, 4) is 5.75 Å². The second-order valence-electron chi connectivity index (χ2n) is 7.34. The summed E-state index contributed by atoms with van der Waals surface area (Å²) in [6, 6.07) is 17.0. The Bertz CT molecular complexity index is 740. The highest BCUT2D eigenvalue weighted by molar-refractivity contribution is 5.78. The van der Waals surface area contributed by atoms with Gasteiger partial charge in [0, 0.05) is 6.04 Å². The van der Waals surface area contributed by atoms with Gasteiger partial charge < -0.3 is 10.1 Å². The van der Waals surface area contributed by atoms with Crippen LogP contribution in [0.3, 0.4) is 0 Å². The first kappa shape index (κ1) is 19.4. The fourth-order valence-electron chi connectivity index (χ4n) is 3.86. The van der Waals surface area contributed by atoms with E-state index in [-0.39, 0.29) is 11.9 Å². The van der Waals surface area contributed by atoms with E-state index in [0.717, 1.165) is 31.6 Å². The minimum Gasteiger partial charge on any atom is -0.497 e. The zero-order valence-electron chi connectivity index (χ0n) is 16.6. The van der Waals surface area contributed by atoms with E-state index in [1.165, 1.54) is 16.7 Å². The van der Waals surface area contributed by atoms with E-state index in [0.29, 0.717) is 12.6 Å². The van der Waals surface area contributed by atoms with Gasteiger partial charge in [0.15, 0.2) is 0 Å². The zero-order valence-corrected chi connectivity index (χ0v) is 16.6. The van der Waals surface area contributed by atoms with E-state index in [9.17, 15) is 4.79 Å². The van der Waals surface area contributed by atoms with Gasteiger partial charge in [0.05, 0.1) is 19.7 Å². The van der Waals surface area contributed by atoms with Crippen LogP contribution in [0.15, 0.2) is 48.5 Å². The molecule has 2 aromatic carbocycles. The number of nitrogens with zero attached hydrogens (tertiary/aromatic N) is 1. The number of nitrogens with one attached hydrogen (secondary N) is 1. The highest BCUT2D eigenvalue weighted by Crippen LogP contribution is 2.32. The molecule has 3 rings (SSSR count). The smallest absolute Gasteiger partial charge is 0.234 e. The fraction of sp³-hybridized carbons (Fsp3) is 0.435. The number of aryl methyl sites for hydroxylation is 1. The van der Waals surface area contributed by atoms with Gasteiger partial charge in [-0.2, -0.15) is 0 Å². The van der Waals surface area contributed by atoms with Crippen LogP contribution in [0.1, 0.15) is 55.0 Å². The number of carbonyl (C=O) groups is 1. The summed E-state index contributed by atoms with van der Waals surface area (Å²) in [4.78, 5) is 15.0. The number of hydrogen-bond donors (Lipinski definition) is 1. The molecule has 4 nitrogen and oxygen atoms in total. The summed E-state index contributed by atoms with van der Waals surface area (Å²) >= 11 is 0. The maximum absolute atomic E-state index is 12.7. The van der Waals surface area contributed by atoms with E-state index in [1.807, 2.05) is 12.1 Å². The van der Waals surface area contributed by atoms with Crippen LogP contribution >= 0.6 is 0 Å². The maximum atomic E-state index is 12.7. The van der Waals surface area contributed by atoms with Gasteiger partial charge >= 0.3 is 0 Å². The van der Waals surface area contributed by atoms with Crippen molar-refractivity contribution in [1.82, 2.24) is 10.2 Å². The minimum absolute atomic E-state index is 0.0696. The van der Waals surface area contributed by atoms with Crippen LogP contribution in [0.25, 0.3) is 0 Å². The highest BCUT2D eigenvalue weighted by atomic mass is 16.5. The third-order valence-corrected chi connectivity index (χ3v) is 5.43. The van der Waals surface area contributed by atoms with E-state index in [2.05, 4.69) is 60.5 Å². The third kappa shape index (κ3) is 4.89. The lowest BCUT2D eigenvalue weighted by Gasteiger charge is -2.26. The van der Waals surface area contributed by atoms with Crippen LogP contribution in [0, 0.1) is 6.92 Å². The van der Waals surface area contributed by atoms with Crippen LogP contribution in [0.5, 0.6) is 5.75 Å². The van der Waals surface area contributed by atoms with Crippen molar-refractivity contribution in [1.29, 1.82) is 0 Å². The Morgan fingerprint density at radius 1 is 1.19 bits per heavy atom. The van der Waals surface area contributed by atoms with Crippen LogP contribution in [0.4, 0.5) is 0 Å². The lowest BCUT2D eigenvalue weighted by molar-refractivity contribution is -0.123. The standard InChI is InChI=1S/C23H30N2O2/c1-4-21(18-9-7-17(2)8-10-18)24-23(26)16-25-15-5-6-22(25)19-11-13-20(27-3)14-12-19/h7-14,21-22H,4-6,15-16H2,1-3H3,(H,24,26). The van der Waals surface area contributed by atoms with Gasteiger partial charge in [0.25, 0.3) is 0 Å². The first-order valence-electron chi connectivity index (χ1n) is 9.84. The molecule has 0 aliphatic carbocycles. The molecule has 0 aromatic heterocycles. The molecule has 2 aromatic rings. The Hall–Kier alpha value is -2.33. The molecular weight excluding hydrogens is 336 g/mol. The number of likely N-dealkylation sites (tertiary alicyclic amines) is 1. The van der Waals surface area contributed by atoms with E-state index in [4.69, 9.17) is 4.74 Å². The molecule has 1 aliphatic rings. The molecule has 1 fully saturated rings. The van der Waals surface area contributed by atoms with Gasteiger partial charge in [-0.25, -0.2) is 0 Å². The number of rotatable bonds is 7. The van der Waals surface area contributed by atoms with Crippen LogP contribution in [0.2, 0.25) is 0 Å². The third-order valence-electron chi connectivity index (χ3n) is 5.43. The Kier molecular flexibility index (Phi) is 6.51. The summed E-state index contributed by atoms with van der Waals surface area (Å²) in [6.07, 6.45) is 3.10. The van der Waals surface area contributed by atoms with Crippen molar-refractivity contribution in [3.05, 3.63) is 65.2 Å². The average Bonchev–Trinajstić information content (AvgIpc) is 3.15. The van der Waals surface area contributed by atoms with E-state index >= 15 is 0 Å². The molecule has 27 heavy (non-hydrogen) atoms. The Labute approximate surface area is 162 Å². The first-order valence-corrected chi connectivity index (χ1v) is 9.84. The lowest BCUT2D eigenvalue weighted by Crippen LogP contribution is -2.38. The van der Waals surface area contributed by atoms with Crippen molar-refractivity contribution in [2.75, 3.05) is 20.2 Å². The molecule has 1 heterocycles. The summed E-state index contributed by atoms with van der Waals surface area (Å²) in [5.74, 6) is 0.966. The van der Waals surface area contributed by atoms with Crippen molar-refractivity contribution in [2.45, 2.75) is 45.2 Å². The van der Waals surface area contributed by atoms with E-state index < -0.39 is 0 Å². The van der Waals surface area contributed by atoms with Gasteiger partial charge in [0.2, 0.25) is 5.91 Å². The predicted octanol–water partition coefficient (Wildman–Crippen LogP) is 4.41. The van der Waals surface area contributed by atoms with Crippen LogP contribution < -0.4 is 10.1 Å². The molecule has 2 atom stereocenters. The summed E-state index contributed by atoms with van der Waals surface area (Å²) in [7, 11) is 1.68. The quantitative estimate of drug-likeness (QED) is 0.789. The van der Waals surface area contributed by atoms with E-state index in [1.54, 1.807) is 7.11 Å². The van der Waals surface area contributed by atoms with Gasteiger partial charge in [0.1, 0.15) is 5.75 Å². The van der Waals surface area contributed by atoms with Crippen molar-refractivity contribution >= 4 is 5.91 Å². The molecule has 0 bridgehead atoms. The van der Waals surface area contributed by atoms with Gasteiger partial charge in [-0.1, -0.05) is 48.9 Å². The largest absolute Gasteiger partial charge is 0.497 e. The molecule has 0 saturated carbocycles. The number of amides is 1. The van der Waals surface area contributed by atoms with Crippen LogP contribution in [-0.2, 0) is 4.79 Å². The monoisotopic (exact) mass is 366 g/mol. The second-order valence-corrected chi connectivity index (χ2v) is 7.34. The highest BCUT2D eigenvalue weighted by Gasteiger charge is 2.28. The van der Waals surface area contributed by atoms with Gasteiger partial charge in [-0.05, 0) is 56.0 Å². The normalized spacial score (nSPS) is 18.3. The molecule has 1 saturated heterocycles. The lowest BCUT2D eigenvalue weighted by atomic mass is 10.0. The molecule has 2 unspecified atom stereocenters. The summed E-state index contributed by atoms with van der Waals surface area (Å²) in [5.41, 5.74) is 3.66. The fourth-order valence-corrected chi connectivity index (χ4v) is 3.86. The summed E-state index contributed by atoms with van der Waals surface area (Å²) < 4.78 is 5.25. The number of benzene rings is 2. The Balaban J connectivity index is 1.62. The summed E-state index contributed by atoms with van der Waals surface area (Å²) in [5, 5.41) is 3.22. The Morgan fingerprint density at radius 2 is 1.89 bits per heavy atom. The van der Waals surface area contributed by atoms with Crippen LogP contribution in [-0.4, -0.2) is 31.0 Å². The maximum Gasteiger partial charge on any atom is 0.234 e. The molecule has 0 radical (unpaired) electrons. The minimum atomic E-state index is 0.0696. The molecule has 1 N–H and O–H groups in total. The molecular formula is C23H30N2O2. The SMILES string of the molecule is CCC(NC(=O)CN1CCCC1c1ccc(OC)cc1)c1ccc(C)cc1. The van der Waals surface area contributed by atoms with Crippen molar-refractivity contribution in [2.24, 2.45) is 0 Å². The molecule has 1 amide bonds. The van der Waals surface area contributed by atoms with Gasteiger partial charge in [-0.15, -0.1) is 0 Å². The van der Waals surface area contributed by atoms with Crippen molar-refractivity contribution < 1.29 is 9.53 Å². The number of methoxy groups -OCH3 is 1. The summed E-state index contributed by atoms with van der Waals surface area (Å²) in [6.45, 7) is 5.60. The average molecular weight is 367 g/mol. The van der Waals surface area contributed by atoms with Gasteiger partial charge in [-0.3, -0.25) is 9.69 Å². The molecule has 1 aliphatic heterocycles. The van der Waals surface area contributed by atoms with Crippen molar-refractivity contribution in [3.63, 3.8) is 0 Å². The second kappa shape index (κ2) is 9.05. The molecule has 0 spiro atoms. The Morgan fingerprint density at radius 3 is 2.52 bits per heavy atom. The zero-order chi connectivity index (χ0) is 19.2. The topological polar surface area (TPSA) is 41.6 Å². The number of ether oxygens (including phenoxy) is 1.